The minimum atomic E-state index is 0.191. The van der Waals surface area contributed by atoms with Crippen LogP contribution in [0, 0.1) is 5.92 Å². The van der Waals surface area contributed by atoms with E-state index in [4.69, 9.17) is 5.73 Å². The molecule has 0 saturated carbocycles. The van der Waals surface area contributed by atoms with Gasteiger partial charge in [0.1, 0.15) is 0 Å². The fourth-order valence-corrected chi connectivity index (χ4v) is 2.05. The zero-order valence-corrected chi connectivity index (χ0v) is 11.1. The molecule has 3 nitrogen and oxygen atoms in total. The van der Waals surface area contributed by atoms with E-state index in [1.807, 2.05) is 0 Å². The quantitative estimate of drug-likeness (QED) is 0.596. The third-order valence-corrected chi connectivity index (χ3v) is 3.25. The highest BCUT2D eigenvalue weighted by Gasteiger charge is 2.15. The highest BCUT2D eigenvalue weighted by Crippen LogP contribution is 2.12. The molecule has 1 amide bonds. The Labute approximate surface area is 100 Å². The van der Waals surface area contributed by atoms with Crippen LogP contribution in [0.5, 0.6) is 0 Å². The van der Waals surface area contributed by atoms with E-state index < -0.39 is 0 Å². The van der Waals surface area contributed by atoms with Gasteiger partial charge in [-0.1, -0.05) is 33.1 Å². The minimum absolute atomic E-state index is 0.191. The van der Waals surface area contributed by atoms with Gasteiger partial charge in [-0.05, 0) is 32.2 Å². The number of carbonyl (C=O) groups excluding carboxylic acids is 1. The number of nitrogens with one attached hydrogen (secondary N) is 1. The smallest absolute Gasteiger partial charge is 0.220 e. The molecular weight excluding hydrogens is 200 g/mol. The van der Waals surface area contributed by atoms with Gasteiger partial charge < -0.3 is 11.1 Å². The first-order valence-electron chi connectivity index (χ1n) is 6.65. The summed E-state index contributed by atoms with van der Waals surface area (Å²) in [6.45, 7) is 7.19. The van der Waals surface area contributed by atoms with Gasteiger partial charge in [0.05, 0.1) is 0 Å². The lowest BCUT2D eigenvalue weighted by molar-refractivity contribution is -0.122. The Balaban J connectivity index is 3.68. The Morgan fingerprint density at radius 1 is 1.19 bits per heavy atom. The minimum Gasteiger partial charge on any atom is -0.353 e. The Morgan fingerprint density at radius 3 is 2.31 bits per heavy atom. The molecule has 3 heteroatoms. The van der Waals surface area contributed by atoms with Crippen LogP contribution in [0.2, 0.25) is 0 Å². The van der Waals surface area contributed by atoms with E-state index >= 15 is 0 Å². The van der Waals surface area contributed by atoms with Crippen molar-refractivity contribution in [2.45, 2.75) is 65.3 Å². The second-order valence-corrected chi connectivity index (χ2v) is 4.53. The molecule has 0 aliphatic heterocycles. The largest absolute Gasteiger partial charge is 0.353 e. The van der Waals surface area contributed by atoms with E-state index in [0.717, 1.165) is 38.6 Å². The van der Waals surface area contributed by atoms with Crippen LogP contribution in [-0.4, -0.2) is 18.5 Å². The molecule has 1 unspecified atom stereocenters. The lowest BCUT2D eigenvalue weighted by Crippen LogP contribution is -2.37. The molecule has 0 bridgehead atoms. The molecule has 0 heterocycles. The van der Waals surface area contributed by atoms with Gasteiger partial charge in [-0.15, -0.1) is 0 Å². The zero-order chi connectivity index (χ0) is 12.4. The first kappa shape index (κ1) is 15.4. The number of amides is 1. The second kappa shape index (κ2) is 9.64. The number of carbonyl (C=O) groups is 1. The summed E-state index contributed by atoms with van der Waals surface area (Å²) < 4.78 is 0. The average molecular weight is 228 g/mol. The van der Waals surface area contributed by atoms with Gasteiger partial charge in [-0.3, -0.25) is 4.79 Å². The van der Waals surface area contributed by atoms with E-state index in [0.29, 0.717) is 18.4 Å². The molecule has 0 aromatic carbocycles. The van der Waals surface area contributed by atoms with Crippen LogP contribution in [0.25, 0.3) is 0 Å². The lowest BCUT2D eigenvalue weighted by Gasteiger charge is -2.22. The normalized spacial score (nSPS) is 12.8. The zero-order valence-electron chi connectivity index (χ0n) is 11.1. The molecule has 0 aliphatic carbocycles. The molecule has 0 aromatic heterocycles. The summed E-state index contributed by atoms with van der Waals surface area (Å²) in [5, 5.41) is 3.09. The van der Waals surface area contributed by atoms with Crippen molar-refractivity contribution in [3.05, 3.63) is 0 Å². The molecule has 0 saturated heterocycles. The third-order valence-electron chi connectivity index (χ3n) is 3.25. The Bertz CT molecular complexity index is 179. The highest BCUT2D eigenvalue weighted by molar-refractivity contribution is 5.76. The van der Waals surface area contributed by atoms with Gasteiger partial charge in [0.15, 0.2) is 0 Å². The second-order valence-electron chi connectivity index (χ2n) is 4.53. The van der Waals surface area contributed by atoms with Crippen LogP contribution in [0.1, 0.15) is 59.3 Å². The van der Waals surface area contributed by atoms with Crippen molar-refractivity contribution < 1.29 is 4.79 Å². The number of rotatable bonds is 9. The molecule has 0 rings (SSSR count). The maximum Gasteiger partial charge on any atom is 0.220 e. The van der Waals surface area contributed by atoms with E-state index in [1.165, 1.54) is 0 Å². The first-order chi connectivity index (χ1) is 7.65. The Morgan fingerprint density at radius 2 is 1.81 bits per heavy atom. The van der Waals surface area contributed by atoms with Crippen LogP contribution in [0.15, 0.2) is 0 Å². The van der Waals surface area contributed by atoms with E-state index in [-0.39, 0.29) is 5.91 Å². The molecule has 0 fully saturated rings. The lowest BCUT2D eigenvalue weighted by atomic mass is 9.95. The number of hydrogen-bond acceptors (Lipinski definition) is 2. The molecular formula is C13H28N2O. The van der Waals surface area contributed by atoms with Crippen molar-refractivity contribution in [2.24, 2.45) is 11.7 Å². The maximum atomic E-state index is 11.6. The highest BCUT2D eigenvalue weighted by atomic mass is 16.1. The maximum absolute atomic E-state index is 11.6. The molecule has 0 aliphatic rings. The summed E-state index contributed by atoms with van der Waals surface area (Å²) >= 11 is 0. The third kappa shape index (κ3) is 6.83. The number of nitrogens with two attached hydrogens (primary N) is 1. The molecule has 0 radical (unpaired) electrons. The molecule has 3 N–H and O–H groups in total. The predicted octanol–water partition coefficient (Wildman–Crippen LogP) is 2.45. The van der Waals surface area contributed by atoms with Gasteiger partial charge in [0.2, 0.25) is 5.91 Å². The summed E-state index contributed by atoms with van der Waals surface area (Å²) in [5.41, 5.74) is 5.40. The van der Waals surface area contributed by atoms with Crippen LogP contribution in [-0.2, 0) is 4.79 Å². The monoisotopic (exact) mass is 228 g/mol. The first-order valence-corrected chi connectivity index (χ1v) is 6.65. The summed E-state index contributed by atoms with van der Waals surface area (Å²) in [5.74, 6) is 0.796. The number of unbranched alkanes of at least 4 members (excludes halogenated alkanes) is 2. The van der Waals surface area contributed by atoms with Gasteiger partial charge in [-0.25, -0.2) is 0 Å². The summed E-state index contributed by atoms with van der Waals surface area (Å²) in [4.78, 5) is 11.6. The topological polar surface area (TPSA) is 55.1 Å². The van der Waals surface area contributed by atoms with E-state index in [2.05, 4.69) is 26.1 Å². The standard InChI is InChI=1S/C13H28N2O/c1-4-12(5-2)11(3)15-13(16)9-7-6-8-10-14/h11-12H,4-10,14H2,1-3H3,(H,15,16). The average Bonchev–Trinajstić information content (AvgIpc) is 2.26. The predicted molar refractivity (Wildman–Crippen MR) is 69.2 cm³/mol. The summed E-state index contributed by atoms with van der Waals surface area (Å²) in [7, 11) is 0. The van der Waals surface area contributed by atoms with Crippen molar-refractivity contribution in [1.29, 1.82) is 0 Å². The van der Waals surface area contributed by atoms with E-state index in [9.17, 15) is 4.79 Å². The van der Waals surface area contributed by atoms with Crippen LogP contribution in [0.3, 0.4) is 0 Å². The van der Waals surface area contributed by atoms with Gasteiger partial charge in [0, 0.05) is 12.5 Å². The fourth-order valence-electron chi connectivity index (χ4n) is 2.05. The van der Waals surface area contributed by atoms with Crippen molar-refractivity contribution in [3.63, 3.8) is 0 Å². The van der Waals surface area contributed by atoms with Crippen molar-refractivity contribution in [2.75, 3.05) is 6.54 Å². The molecule has 0 aromatic rings. The van der Waals surface area contributed by atoms with Crippen LogP contribution in [0.4, 0.5) is 0 Å². The SMILES string of the molecule is CCC(CC)C(C)NC(=O)CCCCCN. The van der Waals surface area contributed by atoms with Gasteiger partial charge in [-0.2, -0.15) is 0 Å². The molecule has 16 heavy (non-hydrogen) atoms. The fraction of sp³-hybridized carbons (Fsp3) is 0.923. The molecule has 96 valence electrons. The molecule has 1 atom stereocenters. The van der Waals surface area contributed by atoms with E-state index in [1.54, 1.807) is 0 Å². The van der Waals surface area contributed by atoms with Crippen molar-refractivity contribution in [3.8, 4) is 0 Å². The Hall–Kier alpha value is -0.570. The summed E-state index contributed by atoms with van der Waals surface area (Å²) in [6, 6.07) is 0.303. The summed E-state index contributed by atoms with van der Waals surface area (Å²) in [6.07, 6.45) is 5.94. The van der Waals surface area contributed by atoms with Crippen molar-refractivity contribution >= 4 is 5.91 Å². The molecule has 0 spiro atoms. The van der Waals surface area contributed by atoms with Gasteiger partial charge in [0.25, 0.3) is 0 Å². The van der Waals surface area contributed by atoms with Crippen LogP contribution < -0.4 is 11.1 Å². The van der Waals surface area contributed by atoms with Crippen LogP contribution >= 0.6 is 0 Å². The van der Waals surface area contributed by atoms with Gasteiger partial charge >= 0.3 is 0 Å². The Kier molecular flexibility index (Phi) is 9.30. The van der Waals surface area contributed by atoms with Crippen molar-refractivity contribution in [1.82, 2.24) is 5.32 Å². The number of hydrogen-bond donors (Lipinski definition) is 2.